The van der Waals surface area contributed by atoms with Gasteiger partial charge >= 0.3 is 0 Å². The molecule has 2 aromatic heterocycles. The zero-order valence-corrected chi connectivity index (χ0v) is 16.1. The fraction of sp³-hybridized carbons (Fsp3) is 0.647. The molecule has 0 aromatic carbocycles. The number of imidazole rings is 1. The summed E-state index contributed by atoms with van der Waals surface area (Å²) < 4.78 is 1.87. The van der Waals surface area contributed by atoms with E-state index in [1.54, 1.807) is 6.20 Å². The summed E-state index contributed by atoms with van der Waals surface area (Å²) in [6.45, 7) is 4.51. The number of anilines is 1. The normalized spacial score (nSPS) is 17.3. The summed E-state index contributed by atoms with van der Waals surface area (Å²) in [4.78, 5) is 18.6. The second-order valence-electron chi connectivity index (χ2n) is 6.67. The van der Waals surface area contributed by atoms with Crippen molar-refractivity contribution >= 4 is 22.4 Å². The standard InChI is InChI=1S/C17H26N6O2S/c1-3-14-20-21-17(26-14)19-13(24)6-10-23-8-4-12(5-9-23)15(25)16-18-7-11-22(16)2/h7,11-12,15,25H,3-6,8-10H2,1-2H3,(H,19,21,24). The Hall–Kier alpha value is -1.84. The third-order valence-corrected chi connectivity index (χ3v) is 5.86. The van der Waals surface area contributed by atoms with E-state index in [0.29, 0.717) is 11.6 Å². The second-order valence-corrected chi connectivity index (χ2v) is 7.74. The van der Waals surface area contributed by atoms with Crippen LogP contribution in [-0.4, -0.2) is 55.3 Å². The smallest absolute Gasteiger partial charge is 0.227 e. The lowest BCUT2D eigenvalue weighted by Gasteiger charge is -2.33. The van der Waals surface area contributed by atoms with Crippen LogP contribution in [0.4, 0.5) is 5.13 Å². The van der Waals surface area contributed by atoms with Crippen LogP contribution in [0.3, 0.4) is 0 Å². The molecule has 26 heavy (non-hydrogen) atoms. The molecule has 1 fully saturated rings. The highest BCUT2D eigenvalue weighted by molar-refractivity contribution is 7.15. The molecular formula is C17H26N6O2S. The van der Waals surface area contributed by atoms with Gasteiger partial charge in [0.15, 0.2) is 0 Å². The summed E-state index contributed by atoms with van der Waals surface area (Å²) in [5.41, 5.74) is 0. The van der Waals surface area contributed by atoms with Gasteiger partial charge in [-0.15, -0.1) is 10.2 Å². The van der Waals surface area contributed by atoms with E-state index in [9.17, 15) is 9.90 Å². The molecule has 1 aliphatic heterocycles. The van der Waals surface area contributed by atoms with Gasteiger partial charge in [0.25, 0.3) is 0 Å². The van der Waals surface area contributed by atoms with Crippen LogP contribution in [-0.2, 0) is 18.3 Å². The Morgan fingerprint density at radius 1 is 1.42 bits per heavy atom. The first-order chi connectivity index (χ1) is 12.6. The van der Waals surface area contributed by atoms with Gasteiger partial charge < -0.3 is 19.9 Å². The molecule has 0 saturated carbocycles. The van der Waals surface area contributed by atoms with E-state index in [0.717, 1.165) is 49.7 Å². The molecule has 2 N–H and O–H groups in total. The molecule has 3 rings (SSSR count). The summed E-state index contributed by atoms with van der Waals surface area (Å²) in [6.07, 6.45) is 6.13. The average molecular weight is 379 g/mol. The van der Waals surface area contributed by atoms with Crippen LogP contribution in [0.1, 0.15) is 43.1 Å². The maximum atomic E-state index is 12.1. The Bertz CT molecular complexity index is 722. The van der Waals surface area contributed by atoms with Crippen molar-refractivity contribution in [3.63, 3.8) is 0 Å². The first-order valence-corrected chi connectivity index (χ1v) is 9.88. The Kier molecular flexibility index (Phi) is 6.33. The molecule has 0 spiro atoms. The number of rotatable bonds is 7. The maximum Gasteiger partial charge on any atom is 0.227 e. The molecule has 0 bridgehead atoms. The van der Waals surface area contributed by atoms with Crippen molar-refractivity contribution in [3.8, 4) is 0 Å². The third kappa shape index (κ3) is 4.66. The maximum absolute atomic E-state index is 12.1. The SMILES string of the molecule is CCc1nnc(NC(=O)CCN2CCC(C(O)c3nccn3C)CC2)s1. The fourth-order valence-corrected chi connectivity index (χ4v) is 3.95. The lowest BCUT2D eigenvalue weighted by atomic mass is 9.90. The van der Waals surface area contributed by atoms with Crippen molar-refractivity contribution in [2.24, 2.45) is 13.0 Å². The largest absolute Gasteiger partial charge is 0.385 e. The molecule has 9 heteroatoms. The van der Waals surface area contributed by atoms with E-state index in [4.69, 9.17) is 0 Å². The van der Waals surface area contributed by atoms with Crippen molar-refractivity contribution in [2.75, 3.05) is 25.0 Å². The number of likely N-dealkylation sites (tertiary alicyclic amines) is 1. The Balaban J connectivity index is 1.40. The topological polar surface area (TPSA) is 96.2 Å². The number of aliphatic hydroxyl groups excluding tert-OH is 1. The van der Waals surface area contributed by atoms with Crippen LogP contribution in [0.25, 0.3) is 0 Å². The van der Waals surface area contributed by atoms with Crippen molar-refractivity contribution in [2.45, 2.75) is 38.7 Å². The van der Waals surface area contributed by atoms with Gasteiger partial charge in [0.05, 0.1) is 0 Å². The minimum atomic E-state index is -0.523. The first-order valence-electron chi connectivity index (χ1n) is 9.06. The van der Waals surface area contributed by atoms with Crippen LogP contribution < -0.4 is 5.32 Å². The van der Waals surface area contributed by atoms with Crippen molar-refractivity contribution < 1.29 is 9.90 Å². The van der Waals surface area contributed by atoms with E-state index >= 15 is 0 Å². The van der Waals surface area contributed by atoms with Crippen LogP contribution >= 0.6 is 11.3 Å². The summed E-state index contributed by atoms with van der Waals surface area (Å²) in [5.74, 6) is 0.917. The molecule has 1 saturated heterocycles. The minimum Gasteiger partial charge on any atom is -0.385 e. The average Bonchev–Trinajstić information content (AvgIpc) is 3.28. The number of carbonyl (C=O) groups is 1. The number of carbonyl (C=O) groups excluding carboxylic acids is 1. The van der Waals surface area contributed by atoms with Gasteiger partial charge in [0, 0.05) is 32.4 Å². The van der Waals surface area contributed by atoms with Gasteiger partial charge in [0.1, 0.15) is 16.9 Å². The third-order valence-electron chi connectivity index (χ3n) is 4.87. The molecule has 3 heterocycles. The zero-order valence-electron chi connectivity index (χ0n) is 15.3. The molecule has 142 valence electrons. The van der Waals surface area contributed by atoms with Gasteiger partial charge in [-0.05, 0) is 38.3 Å². The van der Waals surface area contributed by atoms with E-state index in [-0.39, 0.29) is 11.8 Å². The van der Waals surface area contributed by atoms with Crippen LogP contribution in [0.5, 0.6) is 0 Å². The number of hydrogen-bond acceptors (Lipinski definition) is 7. The Morgan fingerprint density at radius 3 is 2.81 bits per heavy atom. The monoisotopic (exact) mass is 378 g/mol. The highest BCUT2D eigenvalue weighted by Gasteiger charge is 2.28. The molecular weight excluding hydrogens is 352 g/mol. The molecule has 0 aliphatic carbocycles. The van der Waals surface area contributed by atoms with E-state index < -0.39 is 6.10 Å². The molecule has 8 nitrogen and oxygen atoms in total. The van der Waals surface area contributed by atoms with Gasteiger partial charge in [-0.3, -0.25) is 4.79 Å². The van der Waals surface area contributed by atoms with Crippen LogP contribution in [0.15, 0.2) is 12.4 Å². The van der Waals surface area contributed by atoms with Crippen LogP contribution in [0, 0.1) is 5.92 Å². The summed E-state index contributed by atoms with van der Waals surface area (Å²) in [5, 5.41) is 22.8. The fourth-order valence-electron chi connectivity index (χ4n) is 3.25. The van der Waals surface area contributed by atoms with Crippen LogP contribution in [0.2, 0.25) is 0 Å². The number of aryl methyl sites for hydroxylation is 2. The summed E-state index contributed by atoms with van der Waals surface area (Å²) >= 11 is 1.42. The molecule has 2 aromatic rings. The number of nitrogens with zero attached hydrogens (tertiary/aromatic N) is 5. The van der Waals surface area contributed by atoms with E-state index in [2.05, 4.69) is 25.4 Å². The van der Waals surface area contributed by atoms with Crippen molar-refractivity contribution in [1.29, 1.82) is 0 Å². The minimum absolute atomic E-state index is 0.0287. The zero-order chi connectivity index (χ0) is 18.5. The lowest BCUT2D eigenvalue weighted by Crippen LogP contribution is -2.37. The summed E-state index contributed by atoms with van der Waals surface area (Å²) in [7, 11) is 1.90. The van der Waals surface area contributed by atoms with E-state index in [1.165, 1.54) is 11.3 Å². The van der Waals surface area contributed by atoms with Crippen molar-refractivity contribution in [1.82, 2.24) is 24.6 Å². The van der Waals surface area contributed by atoms with E-state index in [1.807, 2.05) is 24.7 Å². The highest BCUT2D eigenvalue weighted by atomic mass is 32.1. The first kappa shape index (κ1) is 18.9. The Morgan fingerprint density at radius 2 is 2.19 bits per heavy atom. The number of hydrogen-bond donors (Lipinski definition) is 2. The predicted molar refractivity (Wildman–Crippen MR) is 99.9 cm³/mol. The molecule has 1 unspecified atom stereocenters. The molecule has 1 amide bonds. The predicted octanol–water partition coefficient (Wildman–Crippen LogP) is 1.61. The lowest BCUT2D eigenvalue weighted by molar-refractivity contribution is -0.116. The molecule has 0 radical (unpaired) electrons. The number of aromatic nitrogens is 4. The number of aliphatic hydroxyl groups is 1. The van der Waals surface area contributed by atoms with Gasteiger partial charge in [-0.2, -0.15) is 0 Å². The van der Waals surface area contributed by atoms with Crippen molar-refractivity contribution in [3.05, 3.63) is 23.2 Å². The van der Waals surface area contributed by atoms with Gasteiger partial charge in [-0.25, -0.2) is 4.98 Å². The molecule has 1 atom stereocenters. The second kappa shape index (κ2) is 8.70. The van der Waals surface area contributed by atoms with Gasteiger partial charge in [-0.1, -0.05) is 18.3 Å². The number of nitrogens with one attached hydrogen (secondary N) is 1. The summed E-state index contributed by atoms with van der Waals surface area (Å²) in [6, 6.07) is 0. The quantitative estimate of drug-likeness (QED) is 0.760. The number of piperidine rings is 1. The van der Waals surface area contributed by atoms with Gasteiger partial charge in [0.2, 0.25) is 11.0 Å². The number of amides is 1. The Labute approximate surface area is 157 Å². The molecule has 1 aliphatic rings. The highest BCUT2D eigenvalue weighted by Crippen LogP contribution is 2.29.